The van der Waals surface area contributed by atoms with Gasteiger partial charge in [0.05, 0.1) is 6.04 Å². The summed E-state index contributed by atoms with van der Waals surface area (Å²) in [5.74, 6) is -0.971. The second-order valence-electron chi connectivity index (χ2n) is 5.55. The Bertz CT molecular complexity index is 491. The third-order valence-electron chi connectivity index (χ3n) is 3.88. The summed E-state index contributed by atoms with van der Waals surface area (Å²) in [6, 6.07) is 2.34. The predicted octanol–water partition coefficient (Wildman–Crippen LogP) is 5.66. The monoisotopic (exact) mass is 357 g/mol. The van der Waals surface area contributed by atoms with Crippen LogP contribution < -0.4 is 5.32 Å². The quantitative estimate of drug-likeness (QED) is 0.670. The molecule has 116 valence electrons. The van der Waals surface area contributed by atoms with Crippen molar-refractivity contribution < 1.29 is 8.78 Å². The standard InChI is InChI=1S/C17H22BrF2N/c1-2-9-21-17(12-7-5-3-4-6-8-12)16-14(19)10-13(18)11-15(16)20/h7,10-11,17,21H,2-6,8-9H2,1H3. The maximum absolute atomic E-state index is 14.3. The Morgan fingerprint density at radius 3 is 2.57 bits per heavy atom. The zero-order valence-corrected chi connectivity index (χ0v) is 14.0. The first kappa shape index (κ1) is 16.6. The van der Waals surface area contributed by atoms with Crippen LogP contribution in [0.4, 0.5) is 8.78 Å². The Hall–Kier alpha value is -0.740. The second kappa shape index (κ2) is 8.04. The lowest BCUT2D eigenvalue weighted by molar-refractivity contribution is 0.489. The molecule has 0 amide bonds. The van der Waals surface area contributed by atoms with E-state index in [1.807, 2.05) is 0 Å². The molecule has 1 N–H and O–H groups in total. The molecule has 0 saturated carbocycles. The van der Waals surface area contributed by atoms with Crippen molar-refractivity contribution >= 4 is 15.9 Å². The fourth-order valence-electron chi connectivity index (χ4n) is 2.84. The zero-order chi connectivity index (χ0) is 15.2. The van der Waals surface area contributed by atoms with Gasteiger partial charge in [0.1, 0.15) is 11.6 Å². The van der Waals surface area contributed by atoms with Gasteiger partial charge in [-0.05, 0) is 50.8 Å². The molecule has 0 radical (unpaired) electrons. The SMILES string of the molecule is CCCNC(C1=CCCCCC1)c1c(F)cc(Br)cc1F. The molecule has 0 fully saturated rings. The Morgan fingerprint density at radius 1 is 1.19 bits per heavy atom. The third-order valence-corrected chi connectivity index (χ3v) is 4.34. The fraction of sp³-hybridized carbons (Fsp3) is 0.529. The maximum Gasteiger partial charge on any atom is 0.132 e. The van der Waals surface area contributed by atoms with Crippen molar-refractivity contribution in [1.29, 1.82) is 0 Å². The highest BCUT2D eigenvalue weighted by molar-refractivity contribution is 9.10. The van der Waals surface area contributed by atoms with Gasteiger partial charge < -0.3 is 5.32 Å². The Balaban J connectivity index is 2.37. The van der Waals surface area contributed by atoms with Crippen molar-refractivity contribution in [3.8, 4) is 0 Å². The topological polar surface area (TPSA) is 12.0 Å². The number of nitrogens with one attached hydrogen (secondary N) is 1. The van der Waals surface area contributed by atoms with Crippen LogP contribution in [-0.4, -0.2) is 6.54 Å². The minimum atomic E-state index is -0.486. The summed E-state index contributed by atoms with van der Waals surface area (Å²) in [6.07, 6.45) is 8.46. The maximum atomic E-state index is 14.3. The van der Waals surface area contributed by atoms with Gasteiger partial charge in [-0.3, -0.25) is 0 Å². The fourth-order valence-corrected chi connectivity index (χ4v) is 3.24. The van der Waals surface area contributed by atoms with Crippen LogP contribution in [0.1, 0.15) is 57.1 Å². The second-order valence-corrected chi connectivity index (χ2v) is 6.46. The summed E-state index contributed by atoms with van der Waals surface area (Å²) in [4.78, 5) is 0. The van der Waals surface area contributed by atoms with E-state index < -0.39 is 11.6 Å². The summed E-state index contributed by atoms with van der Waals surface area (Å²) < 4.78 is 29.1. The third kappa shape index (κ3) is 4.36. The summed E-state index contributed by atoms with van der Waals surface area (Å²) in [7, 11) is 0. The number of hydrogen-bond acceptors (Lipinski definition) is 1. The van der Waals surface area contributed by atoms with E-state index in [1.165, 1.54) is 18.6 Å². The molecule has 1 atom stereocenters. The van der Waals surface area contributed by atoms with Crippen LogP contribution in [0, 0.1) is 11.6 Å². The van der Waals surface area contributed by atoms with Gasteiger partial charge in [-0.25, -0.2) is 8.78 Å². The molecule has 0 bridgehead atoms. The molecule has 1 aromatic rings. The van der Waals surface area contributed by atoms with Gasteiger partial charge in [-0.15, -0.1) is 0 Å². The van der Waals surface area contributed by atoms with Crippen molar-refractivity contribution in [2.75, 3.05) is 6.54 Å². The van der Waals surface area contributed by atoms with Crippen LogP contribution in [0.25, 0.3) is 0 Å². The summed E-state index contributed by atoms with van der Waals surface area (Å²) in [5, 5.41) is 3.32. The van der Waals surface area contributed by atoms with Crippen molar-refractivity contribution in [1.82, 2.24) is 5.32 Å². The molecule has 0 saturated heterocycles. The van der Waals surface area contributed by atoms with Crippen molar-refractivity contribution in [2.24, 2.45) is 0 Å². The van der Waals surface area contributed by atoms with Crippen molar-refractivity contribution in [3.63, 3.8) is 0 Å². The largest absolute Gasteiger partial charge is 0.306 e. The highest BCUT2D eigenvalue weighted by Crippen LogP contribution is 2.33. The van der Waals surface area contributed by atoms with Crippen LogP contribution in [0.15, 0.2) is 28.3 Å². The lowest BCUT2D eigenvalue weighted by Gasteiger charge is -2.23. The molecular weight excluding hydrogens is 336 g/mol. The minimum Gasteiger partial charge on any atom is -0.306 e. The van der Waals surface area contributed by atoms with Gasteiger partial charge in [0.15, 0.2) is 0 Å². The van der Waals surface area contributed by atoms with Gasteiger partial charge >= 0.3 is 0 Å². The van der Waals surface area contributed by atoms with Gasteiger partial charge in [-0.1, -0.05) is 40.9 Å². The first-order valence-corrected chi connectivity index (χ1v) is 8.49. The molecule has 0 aliphatic heterocycles. The average molecular weight is 358 g/mol. The van der Waals surface area contributed by atoms with E-state index in [0.717, 1.165) is 44.2 Å². The van der Waals surface area contributed by atoms with Crippen LogP contribution in [0.2, 0.25) is 0 Å². The molecule has 21 heavy (non-hydrogen) atoms. The van der Waals surface area contributed by atoms with Crippen molar-refractivity contribution in [3.05, 3.63) is 45.5 Å². The number of benzene rings is 1. The van der Waals surface area contributed by atoms with Crippen LogP contribution in [0.5, 0.6) is 0 Å². The molecule has 0 heterocycles. The Labute approximate surface area is 133 Å². The lowest BCUT2D eigenvalue weighted by atomic mass is 9.94. The molecule has 2 rings (SSSR count). The Morgan fingerprint density at radius 2 is 1.90 bits per heavy atom. The highest BCUT2D eigenvalue weighted by atomic mass is 79.9. The first-order valence-electron chi connectivity index (χ1n) is 7.70. The molecule has 0 aromatic heterocycles. The van der Waals surface area contributed by atoms with E-state index in [-0.39, 0.29) is 11.6 Å². The van der Waals surface area contributed by atoms with Gasteiger partial charge in [0.25, 0.3) is 0 Å². The van der Waals surface area contributed by atoms with Crippen LogP contribution >= 0.6 is 15.9 Å². The molecule has 1 unspecified atom stereocenters. The van der Waals surface area contributed by atoms with Crippen molar-refractivity contribution in [2.45, 2.75) is 51.5 Å². The molecular formula is C17H22BrF2N. The normalized spacial score (nSPS) is 17.2. The predicted molar refractivity (Wildman–Crippen MR) is 86.3 cm³/mol. The first-order chi connectivity index (χ1) is 10.1. The Kier molecular flexibility index (Phi) is 6.37. The van der Waals surface area contributed by atoms with Crippen LogP contribution in [0.3, 0.4) is 0 Å². The van der Waals surface area contributed by atoms with E-state index >= 15 is 0 Å². The molecule has 1 aromatic carbocycles. The van der Waals surface area contributed by atoms with E-state index in [1.54, 1.807) is 0 Å². The molecule has 0 spiro atoms. The van der Waals surface area contributed by atoms with Gasteiger partial charge in [0, 0.05) is 10.0 Å². The summed E-state index contributed by atoms with van der Waals surface area (Å²) >= 11 is 3.14. The number of halogens is 3. The van der Waals surface area contributed by atoms with E-state index in [0.29, 0.717) is 4.47 Å². The zero-order valence-electron chi connectivity index (χ0n) is 12.4. The molecule has 1 nitrogen and oxygen atoms in total. The smallest absolute Gasteiger partial charge is 0.132 e. The minimum absolute atomic E-state index is 0.153. The van der Waals surface area contributed by atoms with Gasteiger partial charge in [0.2, 0.25) is 0 Å². The molecule has 1 aliphatic carbocycles. The summed E-state index contributed by atoms with van der Waals surface area (Å²) in [6.45, 7) is 2.80. The van der Waals surface area contributed by atoms with Gasteiger partial charge in [-0.2, -0.15) is 0 Å². The van der Waals surface area contributed by atoms with Crippen LogP contribution in [-0.2, 0) is 0 Å². The molecule has 1 aliphatic rings. The number of hydrogen-bond donors (Lipinski definition) is 1. The molecule has 4 heteroatoms. The summed E-state index contributed by atoms with van der Waals surface area (Å²) in [5.41, 5.74) is 1.28. The number of allylic oxidation sites excluding steroid dienone is 1. The number of rotatable bonds is 5. The van der Waals surface area contributed by atoms with E-state index in [2.05, 4.69) is 34.2 Å². The van der Waals surface area contributed by atoms with E-state index in [4.69, 9.17) is 0 Å². The lowest BCUT2D eigenvalue weighted by Crippen LogP contribution is -2.26. The highest BCUT2D eigenvalue weighted by Gasteiger charge is 2.24. The van der Waals surface area contributed by atoms with E-state index in [9.17, 15) is 8.78 Å². The average Bonchev–Trinajstić information content (AvgIpc) is 2.70.